The van der Waals surface area contributed by atoms with E-state index in [1.807, 2.05) is 38.4 Å². The first-order valence-corrected chi connectivity index (χ1v) is 7.33. The molecular weight excluding hydrogens is 302 g/mol. The molecule has 0 aliphatic carbocycles. The molecule has 1 aromatic rings. The van der Waals surface area contributed by atoms with Crippen LogP contribution < -0.4 is 17.1 Å². The highest BCUT2D eigenvalue weighted by Gasteiger charge is 2.13. The van der Waals surface area contributed by atoms with E-state index in [-0.39, 0.29) is 30.4 Å². The van der Waals surface area contributed by atoms with Gasteiger partial charge in [-0.3, -0.25) is 0 Å². The minimum atomic E-state index is -0.325. The van der Waals surface area contributed by atoms with E-state index in [0.717, 1.165) is 13.0 Å². The summed E-state index contributed by atoms with van der Waals surface area (Å²) in [6.07, 6.45) is 0.832. The van der Waals surface area contributed by atoms with Gasteiger partial charge in [0.15, 0.2) is 6.61 Å². The Hall–Kier alpha value is -1.26. The van der Waals surface area contributed by atoms with Crippen molar-refractivity contribution in [1.29, 1.82) is 0 Å². The van der Waals surface area contributed by atoms with Gasteiger partial charge in [-0.2, -0.15) is 0 Å². The maximum atomic E-state index is 11.5. The first-order valence-electron chi connectivity index (χ1n) is 7.33. The molecule has 0 spiro atoms. The third-order valence-corrected chi connectivity index (χ3v) is 3.09. The largest absolute Gasteiger partial charge is 1.00 e. The lowest BCUT2D eigenvalue weighted by Gasteiger charge is -2.19. The Morgan fingerprint density at radius 3 is 2.23 bits per heavy atom. The van der Waals surface area contributed by atoms with Crippen LogP contribution >= 0.6 is 0 Å². The Bertz CT molecular complexity index is 438. The van der Waals surface area contributed by atoms with Crippen LogP contribution in [-0.4, -0.2) is 44.7 Å². The number of hydrogen-bond donors (Lipinski definition) is 0. The van der Waals surface area contributed by atoms with E-state index in [0.29, 0.717) is 12.4 Å². The van der Waals surface area contributed by atoms with Crippen molar-refractivity contribution >= 4 is 5.97 Å². The second-order valence-corrected chi connectivity index (χ2v) is 6.44. The average Bonchev–Trinajstić information content (AvgIpc) is 2.40. The van der Waals surface area contributed by atoms with Crippen LogP contribution in [0.1, 0.15) is 32.8 Å². The SMILES string of the molecule is CN(C)CCCOC(=O)COc1ccc(C(C)(C)C)cc1.[Cl-]. The topological polar surface area (TPSA) is 38.8 Å². The maximum Gasteiger partial charge on any atom is 0.344 e. The molecule has 0 N–H and O–H groups in total. The van der Waals surface area contributed by atoms with Crippen molar-refractivity contribution in [3.8, 4) is 5.75 Å². The molecular formula is C17H27ClNO3-. The highest BCUT2D eigenvalue weighted by Crippen LogP contribution is 2.24. The Morgan fingerprint density at radius 2 is 1.73 bits per heavy atom. The fourth-order valence-electron chi connectivity index (χ4n) is 1.80. The van der Waals surface area contributed by atoms with Crippen LogP contribution in [0.3, 0.4) is 0 Å². The van der Waals surface area contributed by atoms with Crippen LogP contribution in [0.25, 0.3) is 0 Å². The van der Waals surface area contributed by atoms with Gasteiger partial charge in [0.05, 0.1) is 6.61 Å². The molecule has 22 heavy (non-hydrogen) atoms. The van der Waals surface area contributed by atoms with E-state index >= 15 is 0 Å². The normalized spacial score (nSPS) is 11.0. The fourth-order valence-corrected chi connectivity index (χ4v) is 1.80. The number of esters is 1. The van der Waals surface area contributed by atoms with Gasteiger partial charge in [-0.25, -0.2) is 4.79 Å². The predicted molar refractivity (Wildman–Crippen MR) is 84.8 cm³/mol. The summed E-state index contributed by atoms with van der Waals surface area (Å²) in [6.45, 7) is 7.78. The van der Waals surface area contributed by atoms with Crippen molar-refractivity contribution in [3.63, 3.8) is 0 Å². The van der Waals surface area contributed by atoms with Gasteiger partial charge in [-0.15, -0.1) is 0 Å². The van der Waals surface area contributed by atoms with Gasteiger partial charge in [0.2, 0.25) is 0 Å². The number of nitrogens with zero attached hydrogens (tertiary/aromatic N) is 1. The monoisotopic (exact) mass is 328 g/mol. The Kier molecular flexibility index (Phi) is 9.14. The van der Waals surface area contributed by atoms with Gasteiger partial charge < -0.3 is 26.8 Å². The molecule has 1 aromatic carbocycles. The molecule has 0 saturated carbocycles. The standard InChI is InChI=1S/C17H27NO3.ClH/c1-17(2,3)14-7-9-15(10-8-14)21-13-16(19)20-12-6-11-18(4)5;/h7-10H,6,11-13H2,1-5H3;1H/p-1. The first-order chi connectivity index (χ1) is 9.79. The Labute approximate surface area is 140 Å². The van der Waals surface area contributed by atoms with Gasteiger partial charge in [0.1, 0.15) is 5.75 Å². The second-order valence-electron chi connectivity index (χ2n) is 6.44. The second kappa shape index (κ2) is 9.70. The summed E-state index contributed by atoms with van der Waals surface area (Å²) in [7, 11) is 3.98. The van der Waals surface area contributed by atoms with Crippen LogP contribution in [0, 0.1) is 0 Å². The van der Waals surface area contributed by atoms with Gasteiger partial charge in [-0.1, -0.05) is 32.9 Å². The molecule has 0 aliphatic rings. The third-order valence-electron chi connectivity index (χ3n) is 3.09. The van der Waals surface area contributed by atoms with Gasteiger partial charge in [0, 0.05) is 6.54 Å². The highest BCUT2D eigenvalue weighted by atomic mass is 35.5. The quantitative estimate of drug-likeness (QED) is 0.516. The van der Waals surface area contributed by atoms with Crippen molar-refractivity contribution in [2.24, 2.45) is 0 Å². The lowest BCUT2D eigenvalue weighted by Crippen LogP contribution is -3.00. The summed E-state index contributed by atoms with van der Waals surface area (Å²) in [5.74, 6) is 0.363. The van der Waals surface area contributed by atoms with Crippen LogP contribution in [0.4, 0.5) is 0 Å². The number of ether oxygens (including phenoxy) is 2. The summed E-state index contributed by atoms with van der Waals surface area (Å²) < 4.78 is 10.5. The van der Waals surface area contributed by atoms with E-state index in [2.05, 4.69) is 25.7 Å². The molecule has 126 valence electrons. The molecule has 5 heteroatoms. The molecule has 0 aliphatic heterocycles. The van der Waals surface area contributed by atoms with Gasteiger partial charge in [0.25, 0.3) is 0 Å². The molecule has 0 fully saturated rings. The maximum absolute atomic E-state index is 11.5. The number of halogens is 1. The van der Waals surface area contributed by atoms with Crippen molar-refractivity contribution < 1.29 is 26.7 Å². The summed E-state index contributed by atoms with van der Waals surface area (Å²) in [5.41, 5.74) is 1.35. The molecule has 0 aromatic heterocycles. The van der Waals surface area contributed by atoms with Gasteiger partial charge >= 0.3 is 5.97 Å². The molecule has 0 radical (unpaired) electrons. The molecule has 1 rings (SSSR count). The third kappa shape index (κ3) is 8.25. The van der Waals surface area contributed by atoms with Crippen LogP contribution in [-0.2, 0) is 14.9 Å². The van der Waals surface area contributed by atoms with Crippen LogP contribution in [0.15, 0.2) is 24.3 Å². The molecule has 0 unspecified atom stereocenters. The summed E-state index contributed by atoms with van der Waals surface area (Å²) in [6, 6.07) is 7.83. The number of hydrogen-bond acceptors (Lipinski definition) is 4. The lowest BCUT2D eigenvalue weighted by molar-refractivity contribution is -0.146. The van der Waals surface area contributed by atoms with Gasteiger partial charge in [-0.05, 0) is 43.6 Å². The predicted octanol–water partition coefficient (Wildman–Crippen LogP) is -0.138. The van der Waals surface area contributed by atoms with Crippen LogP contribution in [0.2, 0.25) is 0 Å². The molecule has 0 heterocycles. The van der Waals surface area contributed by atoms with E-state index < -0.39 is 0 Å². The number of carbonyl (C=O) groups is 1. The average molecular weight is 329 g/mol. The molecule has 0 bridgehead atoms. The number of rotatable bonds is 7. The zero-order valence-electron chi connectivity index (χ0n) is 14.2. The highest BCUT2D eigenvalue weighted by molar-refractivity contribution is 5.71. The fraction of sp³-hybridized carbons (Fsp3) is 0.588. The Morgan fingerprint density at radius 1 is 1.14 bits per heavy atom. The van der Waals surface area contributed by atoms with Crippen molar-refractivity contribution in [2.75, 3.05) is 33.9 Å². The van der Waals surface area contributed by atoms with E-state index in [9.17, 15) is 4.79 Å². The molecule has 0 saturated heterocycles. The number of benzene rings is 1. The van der Waals surface area contributed by atoms with Crippen molar-refractivity contribution in [2.45, 2.75) is 32.6 Å². The van der Waals surface area contributed by atoms with E-state index in [4.69, 9.17) is 9.47 Å². The first kappa shape index (κ1) is 20.7. The Balaban J connectivity index is 0.00000441. The van der Waals surface area contributed by atoms with Crippen LogP contribution in [0.5, 0.6) is 5.75 Å². The zero-order chi connectivity index (χ0) is 15.9. The summed E-state index contributed by atoms with van der Waals surface area (Å²) in [4.78, 5) is 13.6. The lowest BCUT2D eigenvalue weighted by atomic mass is 9.87. The minimum Gasteiger partial charge on any atom is -1.00 e. The van der Waals surface area contributed by atoms with Crippen molar-refractivity contribution in [1.82, 2.24) is 4.90 Å². The molecule has 0 amide bonds. The minimum absolute atomic E-state index is 0. The summed E-state index contributed by atoms with van der Waals surface area (Å²) in [5, 5.41) is 0. The zero-order valence-corrected chi connectivity index (χ0v) is 14.9. The smallest absolute Gasteiger partial charge is 0.344 e. The van der Waals surface area contributed by atoms with Crippen molar-refractivity contribution in [3.05, 3.63) is 29.8 Å². The summed E-state index contributed by atoms with van der Waals surface area (Å²) >= 11 is 0. The number of carbonyl (C=O) groups excluding carboxylic acids is 1. The van der Waals surface area contributed by atoms with E-state index in [1.54, 1.807) is 0 Å². The molecule has 4 nitrogen and oxygen atoms in total. The van der Waals surface area contributed by atoms with E-state index in [1.165, 1.54) is 5.56 Å². The molecule has 0 atom stereocenters.